The van der Waals surface area contributed by atoms with Gasteiger partial charge in [0.25, 0.3) is 0 Å². The van der Waals surface area contributed by atoms with Crippen molar-refractivity contribution in [2.24, 2.45) is 0 Å². The molecule has 1 heterocycles. The SMILES string of the molecule is CCCOc1nc(N)nc(N(C)c2ccc(C)cc2C)n1. The molecule has 2 aromatic rings. The molecule has 6 nitrogen and oxygen atoms in total. The Morgan fingerprint density at radius 2 is 1.95 bits per heavy atom. The zero-order valence-electron chi connectivity index (χ0n) is 12.9. The summed E-state index contributed by atoms with van der Waals surface area (Å²) in [6, 6.07) is 6.47. The second kappa shape index (κ2) is 6.39. The third-order valence-electron chi connectivity index (χ3n) is 3.07. The maximum Gasteiger partial charge on any atom is 0.323 e. The van der Waals surface area contributed by atoms with Crippen LogP contribution in [-0.2, 0) is 0 Å². The van der Waals surface area contributed by atoms with Crippen molar-refractivity contribution < 1.29 is 4.74 Å². The highest BCUT2D eigenvalue weighted by Crippen LogP contribution is 2.26. The van der Waals surface area contributed by atoms with Crippen molar-refractivity contribution in [3.8, 4) is 6.01 Å². The van der Waals surface area contributed by atoms with Crippen LogP contribution >= 0.6 is 0 Å². The van der Waals surface area contributed by atoms with Crippen LogP contribution in [0.2, 0.25) is 0 Å². The predicted molar refractivity (Wildman–Crippen MR) is 84.0 cm³/mol. The van der Waals surface area contributed by atoms with E-state index in [0.717, 1.165) is 17.7 Å². The number of hydrogen-bond donors (Lipinski definition) is 1. The van der Waals surface area contributed by atoms with Crippen molar-refractivity contribution in [3.63, 3.8) is 0 Å². The first-order valence-electron chi connectivity index (χ1n) is 6.96. The first kappa shape index (κ1) is 15.0. The summed E-state index contributed by atoms with van der Waals surface area (Å²) in [5.74, 6) is 0.628. The molecule has 0 saturated heterocycles. The molecule has 2 N–H and O–H groups in total. The number of anilines is 3. The Balaban J connectivity index is 2.33. The van der Waals surface area contributed by atoms with Crippen LogP contribution < -0.4 is 15.4 Å². The average Bonchev–Trinajstić information content (AvgIpc) is 2.44. The molecule has 2 rings (SSSR count). The van der Waals surface area contributed by atoms with Gasteiger partial charge in [-0.3, -0.25) is 0 Å². The number of nitrogens with zero attached hydrogens (tertiary/aromatic N) is 4. The van der Waals surface area contributed by atoms with Crippen LogP contribution in [0.3, 0.4) is 0 Å². The lowest BCUT2D eigenvalue weighted by molar-refractivity contribution is 0.292. The molecular formula is C15H21N5O. The molecule has 0 saturated carbocycles. The van der Waals surface area contributed by atoms with Crippen LogP contribution in [0.5, 0.6) is 6.01 Å². The Hall–Kier alpha value is -2.37. The minimum Gasteiger partial charge on any atom is -0.463 e. The topological polar surface area (TPSA) is 77.2 Å². The van der Waals surface area contributed by atoms with Crippen LogP contribution in [0, 0.1) is 13.8 Å². The van der Waals surface area contributed by atoms with Gasteiger partial charge in [-0.2, -0.15) is 15.0 Å². The summed E-state index contributed by atoms with van der Waals surface area (Å²) >= 11 is 0. The van der Waals surface area contributed by atoms with Crippen molar-refractivity contribution in [1.29, 1.82) is 0 Å². The molecule has 0 aliphatic heterocycles. The molecule has 0 aliphatic carbocycles. The zero-order chi connectivity index (χ0) is 15.4. The van der Waals surface area contributed by atoms with Crippen molar-refractivity contribution in [2.45, 2.75) is 27.2 Å². The van der Waals surface area contributed by atoms with Gasteiger partial charge in [0, 0.05) is 12.7 Å². The second-order valence-electron chi connectivity index (χ2n) is 4.97. The van der Waals surface area contributed by atoms with E-state index in [1.807, 2.05) is 24.9 Å². The van der Waals surface area contributed by atoms with Crippen molar-refractivity contribution in [2.75, 3.05) is 24.3 Å². The summed E-state index contributed by atoms with van der Waals surface area (Å²) in [6.07, 6.45) is 0.883. The van der Waals surface area contributed by atoms with Crippen molar-refractivity contribution in [3.05, 3.63) is 29.3 Å². The van der Waals surface area contributed by atoms with Crippen LogP contribution in [0.1, 0.15) is 24.5 Å². The van der Waals surface area contributed by atoms with Crippen LogP contribution in [0.25, 0.3) is 0 Å². The fourth-order valence-electron chi connectivity index (χ4n) is 2.06. The number of aryl methyl sites for hydroxylation is 2. The van der Waals surface area contributed by atoms with Gasteiger partial charge in [-0.25, -0.2) is 0 Å². The number of hydrogen-bond acceptors (Lipinski definition) is 6. The highest BCUT2D eigenvalue weighted by atomic mass is 16.5. The van der Waals surface area contributed by atoms with Gasteiger partial charge in [0.2, 0.25) is 11.9 Å². The van der Waals surface area contributed by atoms with Gasteiger partial charge in [-0.05, 0) is 31.9 Å². The maximum atomic E-state index is 5.74. The maximum absolute atomic E-state index is 5.74. The lowest BCUT2D eigenvalue weighted by Gasteiger charge is -2.20. The van der Waals surface area contributed by atoms with E-state index in [-0.39, 0.29) is 12.0 Å². The molecule has 112 valence electrons. The van der Waals surface area contributed by atoms with E-state index in [1.54, 1.807) is 0 Å². The fourth-order valence-corrected chi connectivity index (χ4v) is 2.06. The molecule has 0 spiro atoms. The van der Waals surface area contributed by atoms with E-state index in [2.05, 4.69) is 40.9 Å². The van der Waals surface area contributed by atoms with Gasteiger partial charge < -0.3 is 15.4 Å². The average molecular weight is 287 g/mol. The Bertz CT molecular complexity index is 629. The fraction of sp³-hybridized carbons (Fsp3) is 0.400. The summed E-state index contributed by atoms with van der Waals surface area (Å²) < 4.78 is 5.44. The van der Waals surface area contributed by atoms with Crippen molar-refractivity contribution in [1.82, 2.24) is 15.0 Å². The monoisotopic (exact) mass is 287 g/mol. The lowest BCUT2D eigenvalue weighted by atomic mass is 10.1. The standard InChI is InChI=1S/C15H21N5O/c1-5-8-21-15-18-13(16)17-14(19-15)20(4)12-7-6-10(2)9-11(12)3/h6-7,9H,5,8H2,1-4H3,(H2,16,17,18,19). The van der Waals surface area contributed by atoms with Gasteiger partial charge in [0.15, 0.2) is 0 Å². The van der Waals surface area contributed by atoms with Gasteiger partial charge in [0.1, 0.15) is 0 Å². The predicted octanol–water partition coefficient (Wildman–Crippen LogP) is 2.63. The summed E-state index contributed by atoms with van der Waals surface area (Å²) in [4.78, 5) is 14.4. The van der Waals surface area contributed by atoms with Gasteiger partial charge in [-0.15, -0.1) is 0 Å². The van der Waals surface area contributed by atoms with Crippen LogP contribution in [0.4, 0.5) is 17.6 Å². The van der Waals surface area contributed by atoms with Gasteiger partial charge >= 0.3 is 6.01 Å². The number of rotatable bonds is 5. The van der Waals surface area contributed by atoms with Crippen LogP contribution in [0.15, 0.2) is 18.2 Å². The molecule has 0 amide bonds. The lowest BCUT2D eigenvalue weighted by Crippen LogP contribution is -2.17. The number of aromatic nitrogens is 3. The smallest absolute Gasteiger partial charge is 0.323 e. The molecule has 6 heteroatoms. The molecule has 0 radical (unpaired) electrons. The highest BCUT2D eigenvalue weighted by molar-refractivity contribution is 5.61. The Labute approximate surface area is 125 Å². The minimum absolute atomic E-state index is 0.155. The van der Waals surface area contributed by atoms with Crippen molar-refractivity contribution >= 4 is 17.6 Å². The minimum atomic E-state index is 0.155. The largest absolute Gasteiger partial charge is 0.463 e. The Morgan fingerprint density at radius 1 is 1.19 bits per heavy atom. The van der Waals surface area contributed by atoms with E-state index in [9.17, 15) is 0 Å². The molecule has 0 unspecified atom stereocenters. The van der Waals surface area contributed by atoms with Gasteiger partial charge in [-0.1, -0.05) is 24.6 Å². The molecule has 1 aromatic carbocycles. The Kier molecular flexibility index (Phi) is 4.57. The molecule has 0 aliphatic rings. The molecule has 21 heavy (non-hydrogen) atoms. The molecular weight excluding hydrogens is 266 g/mol. The molecule has 0 bridgehead atoms. The van der Waals surface area contributed by atoms with E-state index >= 15 is 0 Å². The third-order valence-corrected chi connectivity index (χ3v) is 3.07. The van der Waals surface area contributed by atoms with E-state index in [1.165, 1.54) is 5.56 Å². The first-order valence-corrected chi connectivity index (χ1v) is 6.96. The first-order chi connectivity index (χ1) is 10.0. The zero-order valence-corrected chi connectivity index (χ0v) is 12.9. The third kappa shape index (κ3) is 3.59. The van der Waals surface area contributed by atoms with Crippen LogP contribution in [-0.4, -0.2) is 28.6 Å². The highest BCUT2D eigenvalue weighted by Gasteiger charge is 2.13. The second-order valence-corrected chi connectivity index (χ2v) is 4.97. The summed E-state index contributed by atoms with van der Waals surface area (Å²) in [7, 11) is 1.90. The van der Waals surface area contributed by atoms with E-state index < -0.39 is 0 Å². The molecule has 0 fully saturated rings. The summed E-state index contributed by atoms with van der Waals surface area (Å²) in [5, 5.41) is 0. The normalized spacial score (nSPS) is 10.5. The van der Waals surface area contributed by atoms with E-state index in [4.69, 9.17) is 10.5 Å². The number of nitrogens with two attached hydrogens (primary N) is 1. The molecule has 0 atom stereocenters. The summed E-state index contributed by atoms with van der Waals surface area (Å²) in [6.45, 7) is 6.69. The number of benzene rings is 1. The van der Waals surface area contributed by atoms with E-state index in [0.29, 0.717) is 12.6 Å². The van der Waals surface area contributed by atoms with Gasteiger partial charge in [0.05, 0.1) is 6.61 Å². The number of nitrogen functional groups attached to an aromatic ring is 1. The molecule has 1 aromatic heterocycles. The number of ether oxygens (including phenoxy) is 1. The summed E-state index contributed by atoms with van der Waals surface area (Å²) in [5.41, 5.74) is 9.12. The quantitative estimate of drug-likeness (QED) is 0.911. The Morgan fingerprint density at radius 3 is 2.62 bits per heavy atom.